The maximum Gasteiger partial charge on any atom is -1.00 e. The number of hydrogen-bond acceptors (Lipinski definition) is 0. The molecule has 3 rings (SSSR count). The largest absolute Gasteiger partial charge is 1.00 e. The monoisotopic (exact) mass is 482 g/mol. The molecule has 0 aromatic heterocycles. The van der Waals surface area contributed by atoms with E-state index in [2.05, 4.69) is 113 Å². The fourth-order valence-corrected chi connectivity index (χ4v) is 5.43. The average molecular weight is 484 g/mol. The first-order valence-corrected chi connectivity index (χ1v) is 10.7. The Kier molecular flexibility index (Phi) is 12.8. The van der Waals surface area contributed by atoms with Crippen LogP contribution in [0.4, 0.5) is 0 Å². The summed E-state index contributed by atoms with van der Waals surface area (Å²) in [5.41, 5.74) is 4.32. The number of rotatable bonds is 8. The Bertz CT molecular complexity index is 732. The molecule has 0 heterocycles. The van der Waals surface area contributed by atoms with Gasteiger partial charge in [0.05, 0.1) is 0 Å². The smallest absolute Gasteiger partial charge is 1.00 e. The molecule has 0 saturated carbocycles. The molecule has 0 spiro atoms. The average Bonchev–Trinajstić information content (AvgIpc) is 3.06. The number of hydrogen-bond donors (Lipinski definition) is 0. The molecule has 0 radical (unpaired) electrons. The van der Waals surface area contributed by atoms with Crippen molar-refractivity contribution in [1.29, 1.82) is 0 Å². The number of benzene rings is 2. The van der Waals surface area contributed by atoms with Crippen LogP contribution in [0.15, 0.2) is 84.5 Å². The van der Waals surface area contributed by atoms with Gasteiger partial charge in [0.1, 0.15) is 0 Å². The van der Waals surface area contributed by atoms with Crippen molar-refractivity contribution in [3.63, 3.8) is 0 Å². The zero-order chi connectivity index (χ0) is 18.5. The summed E-state index contributed by atoms with van der Waals surface area (Å²) in [5.74, 6) is 0. The molecule has 1 aliphatic rings. The van der Waals surface area contributed by atoms with Crippen molar-refractivity contribution < 1.29 is 57.7 Å². The van der Waals surface area contributed by atoms with E-state index in [1.54, 1.807) is 0 Å². The fraction of sp³-hybridized carbons (Fsp3) is 0.360. The van der Waals surface area contributed by atoms with Gasteiger partial charge in [-0.05, 0) is 0 Å². The first kappa shape index (κ1) is 28.5. The van der Waals surface area contributed by atoms with Crippen molar-refractivity contribution in [2.75, 3.05) is 0 Å². The Morgan fingerprint density at radius 3 is 1.76 bits per heavy atom. The molecule has 0 aliphatic heterocycles. The van der Waals surface area contributed by atoms with Gasteiger partial charge in [0.15, 0.2) is 0 Å². The van der Waals surface area contributed by atoms with Gasteiger partial charge in [-0.2, -0.15) is 0 Å². The van der Waals surface area contributed by atoms with Crippen LogP contribution in [0.1, 0.15) is 57.1 Å². The maximum absolute atomic E-state index is 2.55. The second-order valence-corrected chi connectivity index (χ2v) is 8.70. The number of unbranched alkanes of at least 4 members (excludes halogenated alkanes) is 1. The predicted molar refractivity (Wildman–Crippen MR) is 108 cm³/mol. The summed E-state index contributed by atoms with van der Waals surface area (Å²) in [5, 5.41) is 0. The molecule has 0 bridgehead atoms. The number of allylic oxidation sites excluding steroid dienone is 4. The van der Waals surface area contributed by atoms with Crippen molar-refractivity contribution in [2.24, 2.45) is 0 Å². The summed E-state index contributed by atoms with van der Waals surface area (Å²) < 4.78 is -0.00458. The minimum atomic E-state index is -0.0302. The Morgan fingerprint density at radius 2 is 1.31 bits per heavy atom. The summed E-state index contributed by atoms with van der Waals surface area (Å²) in [6, 6.07) is 22.3. The minimum Gasteiger partial charge on any atom is -1.00 e. The third-order valence-corrected chi connectivity index (χ3v) is 6.81. The van der Waals surface area contributed by atoms with E-state index in [0.29, 0.717) is 0 Å². The molecule has 154 valence electrons. The van der Waals surface area contributed by atoms with E-state index < -0.39 is 0 Å². The minimum absolute atomic E-state index is 0. The van der Waals surface area contributed by atoms with Gasteiger partial charge in [-0.15, -0.1) is 0 Å². The Balaban J connectivity index is 0.00000261. The second kappa shape index (κ2) is 13.0. The quantitative estimate of drug-likeness (QED) is 0.388. The molecule has 4 heteroatoms. The van der Waals surface area contributed by atoms with E-state index in [-0.39, 0.29) is 46.4 Å². The SMILES string of the molecule is CCCCC(c1ccccc1)(c1ccccc1)[C]1([Ti+3])C=CC(CCC)=C1.[Cl-].[Cl-].[Cl-]. The first-order chi connectivity index (χ1) is 12.7. The van der Waals surface area contributed by atoms with E-state index in [0.717, 1.165) is 6.42 Å². The van der Waals surface area contributed by atoms with E-state index in [4.69, 9.17) is 0 Å². The van der Waals surface area contributed by atoms with Crippen molar-refractivity contribution in [3.05, 3.63) is 95.6 Å². The van der Waals surface area contributed by atoms with E-state index in [9.17, 15) is 0 Å². The Hall–Kier alpha value is -0.496. The molecular formula is C25H29Cl3Ti. The molecule has 1 atom stereocenters. The summed E-state index contributed by atoms with van der Waals surface area (Å²) in [4.78, 5) is 0. The molecule has 1 aliphatic carbocycles. The number of halogens is 3. The molecular weight excluding hydrogens is 455 g/mol. The van der Waals surface area contributed by atoms with Gasteiger partial charge in [-0.1, -0.05) is 0 Å². The summed E-state index contributed by atoms with van der Waals surface area (Å²) in [6.07, 6.45) is 13.4. The molecule has 1 unspecified atom stereocenters. The normalized spacial score (nSPS) is 17.6. The molecule has 0 nitrogen and oxygen atoms in total. The van der Waals surface area contributed by atoms with Crippen LogP contribution in [-0.2, 0) is 25.9 Å². The van der Waals surface area contributed by atoms with Crippen LogP contribution in [0.5, 0.6) is 0 Å². The molecule has 2 aromatic carbocycles. The zero-order valence-corrected chi connectivity index (χ0v) is 21.0. The fourth-order valence-electron chi connectivity index (χ4n) is 4.36. The van der Waals surface area contributed by atoms with Crippen LogP contribution in [0.25, 0.3) is 0 Å². The van der Waals surface area contributed by atoms with Crippen molar-refractivity contribution >= 4 is 0 Å². The third kappa shape index (κ3) is 5.81. The second-order valence-electron chi connectivity index (χ2n) is 7.41. The van der Waals surface area contributed by atoms with Gasteiger partial charge in [0.2, 0.25) is 0 Å². The summed E-state index contributed by atoms with van der Waals surface area (Å²) in [7, 11) is 0. The summed E-state index contributed by atoms with van der Waals surface area (Å²) in [6.45, 7) is 4.56. The van der Waals surface area contributed by atoms with Crippen molar-refractivity contribution in [3.8, 4) is 0 Å². The molecule has 0 saturated heterocycles. The van der Waals surface area contributed by atoms with E-state index in [1.165, 1.54) is 42.4 Å². The molecule has 2 aromatic rings. The summed E-state index contributed by atoms with van der Waals surface area (Å²) >= 11 is 2.43. The van der Waals surface area contributed by atoms with Crippen LogP contribution in [0.2, 0.25) is 3.72 Å². The van der Waals surface area contributed by atoms with Gasteiger partial charge in [0, 0.05) is 0 Å². The van der Waals surface area contributed by atoms with E-state index >= 15 is 0 Å². The van der Waals surface area contributed by atoms with E-state index in [1.807, 2.05) is 0 Å². The van der Waals surface area contributed by atoms with Crippen LogP contribution in [0, 0.1) is 0 Å². The van der Waals surface area contributed by atoms with Gasteiger partial charge in [0.25, 0.3) is 0 Å². The first-order valence-electron chi connectivity index (χ1n) is 9.93. The predicted octanol–water partition coefficient (Wildman–Crippen LogP) is -1.82. The maximum atomic E-state index is 2.55. The molecule has 29 heavy (non-hydrogen) atoms. The molecule has 0 amide bonds. The van der Waals surface area contributed by atoms with Gasteiger partial charge < -0.3 is 37.2 Å². The van der Waals surface area contributed by atoms with Crippen molar-refractivity contribution in [1.82, 2.24) is 0 Å². The van der Waals surface area contributed by atoms with Crippen LogP contribution in [0.3, 0.4) is 0 Å². The Morgan fingerprint density at radius 1 is 0.793 bits per heavy atom. The topological polar surface area (TPSA) is 0 Å². The third-order valence-electron chi connectivity index (χ3n) is 5.66. The zero-order valence-electron chi connectivity index (χ0n) is 17.2. The van der Waals surface area contributed by atoms with Crippen LogP contribution >= 0.6 is 0 Å². The van der Waals surface area contributed by atoms with Crippen LogP contribution < -0.4 is 37.2 Å². The van der Waals surface area contributed by atoms with Crippen LogP contribution in [-0.4, -0.2) is 0 Å². The van der Waals surface area contributed by atoms with Gasteiger partial charge in [-0.25, -0.2) is 0 Å². The van der Waals surface area contributed by atoms with Gasteiger partial charge in [-0.3, -0.25) is 0 Å². The molecule has 0 fully saturated rings. The Labute approximate surface area is 207 Å². The van der Waals surface area contributed by atoms with Crippen molar-refractivity contribution in [2.45, 2.75) is 55.1 Å². The standard InChI is InChI=1S/C25H29.3ClH.Ti/c1-3-5-19-25(22-13-8-6-9-14-22,23-15-10-7-11-16-23)24-18-17-21(20-24)12-4-2;;;;/h6-11,13-18,20H,3-5,12,19H2,1-2H3;3*1H;/q;;;;+3/p-3. The molecule has 0 N–H and O–H groups in total. The van der Waals surface area contributed by atoms with Gasteiger partial charge >= 0.3 is 171 Å².